The van der Waals surface area contributed by atoms with Gasteiger partial charge in [0.05, 0.1) is 11.7 Å². The third-order valence-electron chi connectivity index (χ3n) is 3.66. The highest BCUT2D eigenvalue weighted by Gasteiger charge is 2.32. The highest BCUT2D eigenvalue weighted by Crippen LogP contribution is 2.21. The van der Waals surface area contributed by atoms with Crippen LogP contribution in [0.4, 0.5) is 0 Å². The van der Waals surface area contributed by atoms with Gasteiger partial charge in [-0.05, 0) is 39.8 Å². The summed E-state index contributed by atoms with van der Waals surface area (Å²) < 4.78 is 5.94. The summed E-state index contributed by atoms with van der Waals surface area (Å²) >= 11 is 5.94. The van der Waals surface area contributed by atoms with E-state index in [9.17, 15) is 0 Å². The number of rotatable bonds is 4. The largest absolute Gasteiger partial charge is 0.368 e. The molecule has 17 heavy (non-hydrogen) atoms. The predicted octanol–water partition coefficient (Wildman–Crippen LogP) is 1.80. The normalized spacial score (nSPS) is 30.9. The Balaban J connectivity index is 1.78. The fourth-order valence-electron chi connectivity index (χ4n) is 2.96. The molecule has 0 spiro atoms. The third kappa shape index (κ3) is 4.09. The van der Waals surface area contributed by atoms with Crippen molar-refractivity contribution in [3.63, 3.8) is 0 Å². The van der Waals surface area contributed by atoms with E-state index in [4.69, 9.17) is 16.3 Å². The number of likely N-dealkylation sites (tertiary alicyclic amines) is 1. The van der Waals surface area contributed by atoms with Crippen molar-refractivity contribution < 1.29 is 4.74 Å². The van der Waals surface area contributed by atoms with Crippen molar-refractivity contribution in [3.05, 3.63) is 0 Å². The molecule has 2 saturated heterocycles. The smallest absolute Gasteiger partial charge is 0.0844 e. The molecule has 2 rings (SSSR count). The molecule has 0 radical (unpaired) electrons. The molecule has 0 aromatic rings. The number of hydrogen-bond donors (Lipinski definition) is 0. The van der Waals surface area contributed by atoms with Gasteiger partial charge in [-0.1, -0.05) is 0 Å². The van der Waals surface area contributed by atoms with E-state index in [0.29, 0.717) is 5.88 Å². The minimum atomic E-state index is -0.0528. The summed E-state index contributed by atoms with van der Waals surface area (Å²) in [5.74, 6) is 0.601. The lowest BCUT2D eigenvalue weighted by atomic mass is 10.1. The number of nitrogens with zero attached hydrogens (tertiary/aromatic N) is 2. The minimum absolute atomic E-state index is 0.0528. The molecule has 0 aromatic carbocycles. The molecule has 0 aliphatic carbocycles. The highest BCUT2D eigenvalue weighted by molar-refractivity contribution is 6.18. The van der Waals surface area contributed by atoms with Gasteiger partial charge in [0.25, 0.3) is 0 Å². The average molecular weight is 261 g/mol. The molecule has 100 valence electrons. The summed E-state index contributed by atoms with van der Waals surface area (Å²) in [6, 6.07) is 0. The summed E-state index contributed by atoms with van der Waals surface area (Å²) in [7, 11) is 0. The van der Waals surface area contributed by atoms with Gasteiger partial charge in [-0.15, -0.1) is 11.6 Å². The first-order valence-electron chi connectivity index (χ1n) is 6.77. The molecule has 3 nitrogen and oxygen atoms in total. The SMILES string of the molecule is CC1(C)CN(CCN2CCCC2)CC(CCl)O1. The van der Waals surface area contributed by atoms with E-state index in [1.54, 1.807) is 0 Å². The molecule has 2 aliphatic heterocycles. The van der Waals surface area contributed by atoms with Gasteiger partial charge >= 0.3 is 0 Å². The lowest BCUT2D eigenvalue weighted by Crippen LogP contribution is -2.54. The molecule has 2 heterocycles. The Labute approximate surface area is 110 Å². The molecule has 1 unspecified atom stereocenters. The second-order valence-corrected chi connectivity index (χ2v) is 6.25. The van der Waals surface area contributed by atoms with Crippen LogP contribution in [0.3, 0.4) is 0 Å². The molecule has 0 N–H and O–H groups in total. The van der Waals surface area contributed by atoms with Crippen molar-refractivity contribution in [1.82, 2.24) is 9.80 Å². The van der Waals surface area contributed by atoms with Crippen molar-refractivity contribution in [2.75, 3.05) is 45.1 Å². The van der Waals surface area contributed by atoms with Gasteiger partial charge in [0, 0.05) is 32.1 Å². The maximum absolute atomic E-state index is 5.94. The molecule has 0 saturated carbocycles. The van der Waals surface area contributed by atoms with Crippen LogP contribution in [0.15, 0.2) is 0 Å². The Bertz CT molecular complexity index is 242. The van der Waals surface area contributed by atoms with E-state index in [0.717, 1.165) is 19.6 Å². The fourth-order valence-corrected chi connectivity index (χ4v) is 3.12. The molecular weight excluding hydrogens is 236 g/mol. The Kier molecular flexibility index (Phi) is 4.70. The first-order valence-corrected chi connectivity index (χ1v) is 7.31. The topological polar surface area (TPSA) is 15.7 Å². The number of ether oxygens (including phenoxy) is 1. The molecule has 0 aromatic heterocycles. The van der Waals surface area contributed by atoms with E-state index < -0.39 is 0 Å². The highest BCUT2D eigenvalue weighted by atomic mass is 35.5. The van der Waals surface area contributed by atoms with Crippen LogP contribution in [-0.4, -0.2) is 66.7 Å². The summed E-state index contributed by atoms with van der Waals surface area (Å²) in [6.07, 6.45) is 2.94. The average Bonchev–Trinajstić information content (AvgIpc) is 2.77. The summed E-state index contributed by atoms with van der Waals surface area (Å²) in [5, 5.41) is 0. The maximum Gasteiger partial charge on any atom is 0.0844 e. The first-order chi connectivity index (χ1) is 8.09. The van der Waals surface area contributed by atoms with Crippen LogP contribution in [0.1, 0.15) is 26.7 Å². The quantitative estimate of drug-likeness (QED) is 0.717. The van der Waals surface area contributed by atoms with Gasteiger partial charge in [-0.3, -0.25) is 4.90 Å². The molecule has 4 heteroatoms. The Morgan fingerprint density at radius 1 is 1.18 bits per heavy atom. The van der Waals surface area contributed by atoms with Crippen LogP contribution in [0.2, 0.25) is 0 Å². The number of morpholine rings is 1. The number of hydrogen-bond acceptors (Lipinski definition) is 3. The maximum atomic E-state index is 5.94. The van der Waals surface area contributed by atoms with E-state index in [-0.39, 0.29) is 11.7 Å². The van der Waals surface area contributed by atoms with Crippen molar-refractivity contribution in [2.24, 2.45) is 0 Å². The van der Waals surface area contributed by atoms with Gasteiger partial charge in [-0.2, -0.15) is 0 Å². The monoisotopic (exact) mass is 260 g/mol. The number of halogens is 1. The fraction of sp³-hybridized carbons (Fsp3) is 1.00. The zero-order valence-electron chi connectivity index (χ0n) is 11.1. The standard InChI is InChI=1S/C13H25ClN2O/c1-13(2)11-16(10-12(9-14)17-13)8-7-15-5-3-4-6-15/h12H,3-11H2,1-2H3. The zero-order valence-corrected chi connectivity index (χ0v) is 11.9. The number of alkyl halides is 1. The molecule has 2 fully saturated rings. The van der Waals surface area contributed by atoms with Crippen molar-refractivity contribution in [2.45, 2.75) is 38.4 Å². The third-order valence-corrected chi connectivity index (χ3v) is 4.00. The van der Waals surface area contributed by atoms with Crippen molar-refractivity contribution in [3.8, 4) is 0 Å². The van der Waals surface area contributed by atoms with Gasteiger partial charge in [0.2, 0.25) is 0 Å². The van der Waals surface area contributed by atoms with Crippen molar-refractivity contribution in [1.29, 1.82) is 0 Å². The van der Waals surface area contributed by atoms with E-state index in [2.05, 4.69) is 23.6 Å². The summed E-state index contributed by atoms with van der Waals surface area (Å²) in [6.45, 7) is 11.3. The zero-order chi connectivity index (χ0) is 12.3. The molecule has 0 bridgehead atoms. The van der Waals surface area contributed by atoms with E-state index in [1.807, 2.05) is 0 Å². The molecular formula is C13H25ClN2O. The molecule has 2 aliphatic rings. The molecule has 1 atom stereocenters. The summed E-state index contributed by atoms with van der Waals surface area (Å²) in [4.78, 5) is 5.08. The van der Waals surface area contributed by atoms with Gasteiger partial charge in [0.15, 0.2) is 0 Å². The van der Waals surface area contributed by atoms with Crippen LogP contribution >= 0.6 is 11.6 Å². The van der Waals surface area contributed by atoms with Crippen LogP contribution < -0.4 is 0 Å². The second-order valence-electron chi connectivity index (χ2n) is 5.94. The predicted molar refractivity (Wildman–Crippen MR) is 71.8 cm³/mol. The first kappa shape index (κ1) is 13.6. The van der Waals surface area contributed by atoms with Crippen LogP contribution in [0.25, 0.3) is 0 Å². The van der Waals surface area contributed by atoms with Gasteiger partial charge in [-0.25, -0.2) is 0 Å². The van der Waals surface area contributed by atoms with Crippen LogP contribution in [0, 0.1) is 0 Å². The second kappa shape index (κ2) is 5.87. The summed E-state index contributed by atoms with van der Waals surface area (Å²) in [5.41, 5.74) is -0.0528. The van der Waals surface area contributed by atoms with Gasteiger partial charge in [0.1, 0.15) is 0 Å². The van der Waals surface area contributed by atoms with Crippen LogP contribution in [0.5, 0.6) is 0 Å². The van der Waals surface area contributed by atoms with Crippen molar-refractivity contribution >= 4 is 11.6 Å². The van der Waals surface area contributed by atoms with Gasteiger partial charge < -0.3 is 9.64 Å². The lowest BCUT2D eigenvalue weighted by molar-refractivity contribution is -0.127. The Hall–Kier alpha value is 0.170. The minimum Gasteiger partial charge on any atom is -0.368 e. The van der Waals surface area contributed by atoms with E-state index in [1.165, 1.54) is 32.5 Å². The van der Waals surface area contributed by atoms with Crippen LogP contribution in [-0.2, 0) is 4.74 Å². The van der Waals surface area contributed by atoms with E-state index >= 15 is 0 Å². The molecule has 0 amide bonds. The lowest BCUT2D eigenvalue weighted by Gasteiger charge is -2.42. The Morgan fingerprint density at radius 3 is 2.47 bits per heavy atom. The Morgan fingerprint density at radius 2 is 1.82 bits per heavy atom.